The molecule has 1 N–H and O–H groups in total. The Hall–Kier alpha value is -3.22. The van der Waals surface area contributed by atoms with Crippen molar-refractivity contribution in [2.45, 2.75) is 20.1 Å². The van der Waals surface area contributed by atoms with Crippen molar-refractivity contribution >= 4 is 43.2 Å². The molecule has 0 aliphatic heterocycles. The lowest BCUT2D eigenvalue weighted by Gasteiger charge is -2.14. The molecule has 0 fully saturated rings. The number of fused-ring (bicyclic) bond motifs is 1. The molecule has 0 spiro atoms. The van der Waals surface area contributed by atoms with Gasteiger partial charge in [-0.3, -0.25) is 0 Å². The van der Waals surface area contributed by atoms with Gasteiger partial charge < -0.3 is 10.1 Å². The molecule has 0 amide bonds. The second-order valence-corrected chi connectivity index (χ2v) is 10.0. The van der Waals surface area contributed by atoms with Gasteiger partial charge in [-0.2, -0.15) is 0 Å². The Balaban J connectivity index is 1.27. The van der Waals surface area contributed by atoms with Crippen LogP contribution in [0.25, 0.3) is 20.8 Å². The summed E-state index contributed by atoms with van der Waals surface area (Å²) in [6.45, 7) is 3.09. The van der Waals surface area contributed by atoms with Crippen LogP contribution < -0.4 is 10.1 Å². The Labute approximate surface area is 210 Å². The molecule has 1 heterocycles. The fourth-order valence-corrected chi connectivity index (χ4v) is 5.13. The minimum absolute atomic E-state index is 0.249. The first-order valence-electron chi connectivity index (χ1n) is 10.9. The molecule has 1 aromatic heterocycles. The van der Waals surface area contributed by atoms with E-state index < -0.39 is 0 Å². The van der Waals surface area contributed by atoms with Crippen LogP contribution in [0.4, 0.5) is 10.1 Å². The van der Waals surface area contributed by atoms with Crippen molar-refractivity contribution in [2.24, 2.45) is 0 Å². The first-order chi connectivity index (χ1) is 16.5. The van der Waals surface area contributed by atoms with Gasteiger partial charge in [0, 0.05) is 27.8 Å². The summed E-state index contributed by atoms with van der Waals surface area (Å²) < 4.78 is 21.4. The number of halogens is 2. The topological polar surface area (TPSA) is 34.2 Å². The number of rotatable bonds is 7. The standard InChI is InChI=1S/C28H22BrFN2OS/c1-18-2-12-25-27(14-18)34-28(32-25)20-5-10-24(11-6-20)31-16-21-15-22(29)7-13-26(21)33-17-19-3-8-23(30)9-4-19/h2-15,31H,16-17H2,1H3. The second-order valence-electron chi connectivity index (χ2n) is 8.09. The third-order valence-corrected chi connectivity index (χ3v) is 7.05. The Bertz CT molecular complexity index is 1430. The predicted molar refractivity (Wildman–Crippen MR) is 142 cm³/mol. The monoisotopic (exact) mass is 532 g/mol. The highest BCUT2D eigenvalue weighted by molar-refractivity contribution is 9.10. The van der Waals surface area contributed by atoms with E-state index in [1.54, 1.807) is 23.5 Å². The summed E-state index contributed by atoms with van der Waals surface area (Å²) in [5.74, 6) is 0.544. The number of nitrogens with zero attached hydrogens (tertiary/aromatic N) is 1. The maximum atomic E-state index is 13.1. The van der Waals surface area contributed by atoms with Gasteiger partial charge in [0.1, 0.15) is 23.2 Å². The van der Waals surface area contributed by atoms with Crippen molar-refractivity contribution in [3.8, 4) is 16.3 Å². The largest absolute Gasteiger partial charge is 0.489 e. The van der Waals surface area contributed by atoms with Crippen molar-refractivity contribution in [3.63, 3.8) is 0 Å². The van der Waals surface area contributed by atoms with Crippen LogP contribution in [0.5, 0.6) is 5.75 Å². The van der Waals surface area contributed by atoms with Gasteiger partial charge in [0.05, 0.1) is 10.2 Å². The van der Waals surface area contributed by atoms with E-state index in [9.17, 15) is 4.39 Å². The molecule has 4 aromatic carbocycles. The maximum Gasteiger partial charge on any atom is 0.124 e. The molecule has 0 atom stereocenters. The lowest BCUT2D eigenvalue weighted by atomic mass is 10.1. The Kier molecular flexibility index (Phi) is 6.61. The molecule has 0 aliphatic carbocycles. The molecule has 34 heavy (non-hydrogen) atoms. The van der Waals surface area contributed by atoms with E-state index in [0.717, 1.165) is 43.1 Å². The zero-order valence-electron chi connectivity index (χ0n) is 18.5. The number of ether oxygens (including phenoxy) is 1. The normalized spacial score (nSPS) is 11.0. The molecule has 0 aliphatic rings. The van der Waals surface area contributed by atoms with Crippen LogP contribution >= 0.6 is 27.3 Å². The SMILES string of the molecule is Cc1ccc2nc(-c3ccc(NCc4cc(Br)ccc4OCc4ccc(F)cc4)cc3)sc2c1. The molecule has 0 radical (unpaired) electrons. The number of benzene rings is 4. The van der Waals surface area contributed by atoms with Gasteiger partial charge in [0.2, 0.25) is 0 Å². The highest BCUT2D eigenvalue weighted by atomic mass is 79.9. The summed E-state index contributed by atoms with van der Waals surface area (Å²) in [5, 5.41) is 4.50. The number of thiazole rings is 1. The molecule has 3 nitrogen and oxygen atoms in total. The van der Waals surface area contributed by atoms with E-state index in [1.807, 2.05) is 18.2 Å². The molecule has 5 aromatic rings. The van der Waals surface area contributed by atoms with Gasteiger partial charge >= 0.3 is 0 Å². The number of hydrogen-bond acceptors (Lipinski definition) is 4. The summed E-state index contributed by atoms with van der Waals surface area (Å²) in [6, 6.07) is 27.0. The van der Waals surface area contributed by atoms with Crippen LogP contribution in [0.15, 0.2) is 89.4 Å². The van der Waals surface area contributed by atoms with Crippen LogP contribution in [0, 0.1) is 12.7 Å². The van der Waals surface area contributed by atoms with Crippen LogP contribution in [-0.2, 0) is 13.2 Å². The summed E-state index contributed by atoms with van der Waals surface area (Å²) in [4.78, 5) is 4.77. The lowest BCUT2D eigenvalue weighted by molar-refractivity contribution is 0.303. The average Bonchev–Trinajstić information content (AvgIpc) is 3.27. The molecule has 6 heteroatoms. The van der Waals surface area contributed by atoms with Gasteiger partial charge in [-0.1, -0.05) is 34.1 Å². The number of nitrogens with one attached hydrogen (secondary N) is 1. The fourth-order valence-electron chi connectivity index (χ4n) is 3.65. The van der Waals surface area contributed by atoms with E-state index >= 15 is 0 Å². The minimum Gasteiger partial charge on any atom is -0.489 e. The molecule has 0 saturated carbocycles. The number of hydrogen-bond donors (Lipinski definition) is 1. The van der Waals surface area contributed by atoms with Gasteiger partial charge in [0.25, 0.3) is 0 Å². The predicted octanol–water partition coefficient (Wildman–Crippen LogP) is 8.36. The summed E-state index contributed by atoms with van der Waals surface area (Å²) in [5.41, 5.74) is 6.36. The van der Waals surface area contributed by atoms with E-state index in [2.05, 4.69) is 70.6 Å². The zero-order chi connectivity index (χ0) is 23.5. The Morgan fingerprint density at radius 3 is 2.53 bits per heavy atom. The highest BCUT2D eigenvalue weighted by Gasteiger charge is 2.08. The summed E-state index contributed by atoms with van der Waals surface area (Å²) in [7, 11) is 0. The average molecular weight is 533 g/mol. The fraction of sp³-hybridized carbons (Fsp3) is 0.107. The molecule has 0 unspecified atom stereocenters. The lowest BCUT2D eigenvalue weighted by Crippen LogP contribution is -2.04. The van der Waals surface area contributed by atoms with E-state index in [1.165, 1.54) is 22.4 Å². The Morgan fingerprint density at radius 1 is 0.941 bits per heavy atom. The zero-order valence-corrected chi connectivity index (χ0v) is 20.9. The second kappa shape index (κ2) is 9.95. The van der Waals surface area contributed by atoms with Crippen molar-refractivity contribution in [1.82, 2.24) is 4.98 Å². The van der Waals surface area contributed by atoms with Crippen LogP contribution in [0.2, 0.25) is 0 Å². The van der Waals surface area contributed by atoms with Crippen LogP contribution in [-0.4, -0.2) is 4.98 Å². The summed E-state index contributed by atoms with van der Waals surface area (Å²) >= 11 is 5.26. The third-order valence-electron chi connectivity index (χ3n) is 5.49. The molecule has 170 valence electrons. The highest BCUT2D eigenvalue weighted by Crippen LogP contribution is 2.31. The van der Waals surface area contributed by atoms with E-state index in [4.69, 9.17) is 9.72 Å². The summed E-state index contributed by atoms with van der Waals surface area (Å²) in [6.07, 6.45) is 0. The van der Waals surface area contributed by atoms with E-state index in [-0.39, 0.29) is 5.82 Å². The first-order valence-corrected chi connectivity index (χ1v) is 12.5. The van der Waals surface area contributed by atoms with E-state index in [0.29, 0.717) is 13.2 Å². The smallest absolute Gasteiger partial charge is 0.124 e. The quantitative estimate of drug-likeness (QED) is 0.228. The van der Waals surface area contributed by atoms with Crippen molar-refractivity contribution in [1.29, 1.82) is 0 Å². The van der Waals surface area contributed by atoms with Gasteiger partial charge in [0.15, 0.2) is 0 Å². The number of aryl methyl sites for hydroxylation is 1. The van der Waals surface area contributed by atoms with Gasteiger partial charge in [-0.15, -0.1) is 11.3 Å². The molecule has 5 rings (SSSR count). The van der Waals surface area contributed by atoms with Crippen molar-refractivity contribution in [2.75, 3.05) is 5.32 Å². The first kappa shape index (κ1) is 22.6. The minimum atomic E-state index is -0.249. The number of aromatic nitrogens is 1. The van der Waals surface area contributed by atoms with Gasteiger partial charge in [-0.05, 0) is 84.8 Å². The molecule has 0 saturated heterocycles. The van der Waals surface area contributed by atoms with Crippen molar-refractivity contribution in [3.05, 3.63) is 112 Å². The maximum absolute atomic E-state index is 13.1. The van der Waals surface area contributed by atoms with Gasteiger partial charge in [-0.25, -0.2) is 9.37 Å². The number of anilines is 1. The molecular formula is C28H22BrFN2OS. The third kappa shape index (κ3) is 5.29. The van der Waals surface area contributed by atoms with Crippen LogP contribution in [0.3, 0.4) is 0 Å². The molecule has 0 bridgehead atoms. The van der Waals surface area contributed by atoms with Crippen LogP contribution in [0.1, 0.15) is 16.7 Å². The Morgan fingerprint density at radius 2 is 1.74 bits per heavy atom. The molecular weight excluding hydrogens is 511 g/mol. The van der Waals surface area contributed by atoms with Crippen molar-refractivity contribution < 1.29 is 9.13 Å².